The number of benzene rings is 2. The Morgan fingerprint density at radius 2 is 1.63 bits per heavy atom. The van der Waals surface area contributed by atoms with Crippen molar-refractivity contribution in [1.29, 1.82) is 0 Å². The molecule has 2 aromatic rings. The van der Waals surface area contributed by atoms with E-state index >= 15 is 0 Å². The third-order valence-corrected chi connectivity index (χ3v) is 5.05. The monoisotopic (exact) mass is 365 g/mol. The van der Waals surface area contributed by atoms with E-state index in [-0.39, 0.29) is 17.9 Å². The minimum absolute atomic E-state index is 0.0131. The first-order valence-electron chi connectivity index (χ1n) is 9.58. The molecule has 0 radical (unpaired) electrons. The predicted molar refractivity (Wildman–Crippen MR) is 108 cm³/mol. The van der Waals surface area contributed by atoms with E-state index in [9.17, 15) is 9.59 Å². The normalized spacial score (nSPS) is 15.3. The summed E-state index contributed by atoms with van der Waals surface area (Å²) in [5.41, 5.74) is 2.29. The van der Waals surface area contributed by atoms with Gasteiger partial charge in [-0.2, -0.15) is 0 Å². The van der Waals surface area contributed by atoms with Gasteiger partial charge >= 0.3 is 0 Å². The van der Waals surface area contributed by atoms with Crippen LogP contribution in [0.5, 0.6) is 0 Å². The van der Waals surface area contributed by atoms with Gasteiger partial charge in [-0.3, -0.25) is 9.59 Å². The van der Waals surface area contributed by atoms with Crippen molar-refractivity contribution < 1.29 is 9.59 Å². The Balaban J connectivity index is 1.63. The van der Waals surface area contributed by atoms with Gasteiger partial charge in [0.05, 0.1) is 0 Å². The van der Waals surface area contributed by atoms with Crippen molar-refractivity contribution in [2.75, 3.05) is 31.1 Å². The number of nitrogens with one attached hydrogen (secondary N) is 1. The molecule has 1 aliphatic heterocycles. The van der Waals surface area contributed by atoms with E-state index in [0.717, 1.165) is 19.5 Å². The van der Waals surface area contributed by atoms with Gasteiger partial charge in [0, 0.05) is 49.0 Å². The van der Waals surface area contributed by atoms with Crippen LogP contribution in [0, 0.1) is 0 Å². The Hall–Kier alpha value is -2.82. The molecule has 0 aliphatic carbocycles. The number of hydrogen-bond acceptors (Lipinski definition) is 3. The second-order valence-electron chi connectivity index (χ2n) is 6.98. The van der Waals surface area contributed by atoms with E-state index in [1.54, 1.807) is 24.3 Å². The quantitative estimate of drug-likeness (QED) is 0.885. The van der Waals surface area contributed by atoms with Crippen molar-refractivity contribution in [2.45, 2.75) is 26.3 Å². The van der Waals surface area contributed by atoms with Crippen LogP contribution in [0.4, 0.5) is 5.69 Å². The molecule has 3 rings (SSSR count). The molecular weight excluding hydrogens is 338 g/mol. The van der Waals surface area contributed by atoms with Crippen LogP contribution in [0.1, 0.15) is 41.0 Å². The lowest BCUT2D eigenvalue weighted by molar-refractivity contribution is 0.0747. The second-order valence-corrected chi connectivity index (χ2v) is 6.98. The number of anilines is 1. The Labute approximate surface area is 161 Å². The highest BCUT2D eigenvalue weighted by Crippen LogP contribution is 2.17. The molecule has 142 valence electrons. The summed E-state index contributed by atoms with van der Waals surface area (Å²) in [5, 5.41) is 2.94. The van der Waals surface area contributed by atoms with Gasteiger partial charge in [0.25, 0.3) is 11.8 Å². The third kappa shape index (κ3) is 4.67. The second kappa shape index (κ2) is 8.71. The zero-order valence-electron chi connectivity index (χ0n) is 16.0. The minimum atomic E-state index is -0.132. The average Bonchev–Trinajstić information content (AvgIpc) is 2.74. The molecule has 0 bridgehead atoms. The number of piperazine rings is 1. The summed E-state index contributed by atoms with van der Waals surface area (Å²) in [7, 11) is 0. The van der Waals surface area contributed by atoms with E-state index in [4.69, 9.17) is 0 Å². The fraction of sp³-hybridized carbons (Fsp3) is 0.364. The van der Waals surface area contributed by atoms with Gasteiger partial charge in [-0.15, -0.1) is 0 Å². The molecular formula is C22H27N3O2. The van der Waals surface area contributed by atoms with E-state index in [1.807, 2.05) is 36.9 Å². The molecule has 1 heterocycles. The van der Waals surface area contributed by atoms with Crippen LogP contribution in [-0.2, 0) is 0 Å². The van der Waals surface area contributed by atoms with Gasteiger partial charge in [0.1, 0.15) is 0 Å². The lowest BCUT2D eigenvalue weighted by atomic mass is 10.1. The lowest BCUT2D eigenvalue weighted by Gasteiger charge is -2.36. The van der Waals surface area contributed by atoms with Crippen molar-refractivity contribution in [2.24, 2.45) is 0 Å². The number of carbonyl (C=O) groups is 2. The predicted octanol–water partition coefficient (Wildman–Crippen LogP) is 3.18. The van der Waals surface area contributed by atoms with Crippen LogP contribution in [0.25, 0.3) is 0 Å². The summed E-state index contributed by atoms with van der Waals surface area (Å²) in [6, 6.07) is 17.4. The van der Waals surface area contributed by atoms with Crippen molar-refractivity contribution in [3.05, 3.63) is 65.7 Å². The molecule has 5 heteroatoms. The fourth-order valence-electron chi connectivity index (χ4n) is 3.19. The SMILES string of the molecule is CCC(C)NC(=O)c1cccc(C(=O)N2CCN(c3ccccc3)CC2)c1. The van der Waals surface area contributed by atoms with Crippen LogP contribution in [0.3, 0.4) is 0 Å². The Bertz CT molecular complexity index is 783. The molecule has 1 N–H and O–H groups in total. The van der Waals surface area contributed by atoms with Crippen molar-refractivity contribution in [3.63, 3.8) is 0 Å². The van der Waals surface area contributed by atoms with Crippen LogP contribution < -0.4 is 10.2 Å². The molecule has 0 saturated carbocycles. The molecule has 1 fully saturated rings. The van der Waals surface area contributed by atoms with Gasteiger partial charge in [-0.05, 0) is 43.7 Å². The van der Waals surface area contributed by atoms with Crippen LogP contribution in [-0.4, -0.2) is 48.9 Å². The zero-order chi connectivity index (χ0) is 19.2. The highest BCUT2D eigenvalue weighted by molar-refractivity contribution is 5.99. The lowest BCUT2D eigenvalue weighted by Crippen LogP contribution is -2.48. The first-order valence-corrected chi connectivity index (χ1v) is 9.58. The number of hydrogen-bond donors (Lipinski definition) is 1. The maximum Gasteiger partial charge on any atom is 0.253 e. The number of nitrogens with zero attached hydrogens (tertiary/aromatic N) is 2. The van der Waals surface area contributed by atoms with Crippen LogP contribution in [0.2, 0.25) is 0 Å². The summed E-state index contributed by atoms with van der Waals surface area (Å²) in [5.74, 6) is -0.145. The minimum Gasteiger partial charge on any atom is -0.368 e. The third-order valence-electron chi connectivity index (χ3n) is 5.05. The largest absolute Gasteiger partial charge is 0.368 e. The first-order chi connectivity index (χ1) is 13.1. The molecule has 1 aliphatic rings. The summed E-state index contributed by atoms with van der Waals surface area (Å²) in [6.07, 6.45) is 0.871. The van der Waals surface area contributed by atoms with Crippen molar-refractivity contribution >= 4 is 17.5 Å². The van der Waals surface area contributed by atoms with E-state index < -0.39 is 0 Å². The molecule has 0 aromatic heterocycles. The standard InChI is InChI=1S/C22H27N3O2/c1-3-17(2)23-21(26)18-8-7-9-19(16-18)22(27)25-14-12-24(13-15-25)20-10-5-4-6-11-20/h4-11,16-17H,3,12-15H2,1-2H3,(H,23,26). The molecule has 27 heavy (non-hydrogen) atoms. The molecule has 2 amide bonds. The Kier molecular flexibility index (Phi) is 6.12. The van der Waals surface area contributed by atoms with Gasteiger partial charge in [0.15, 0.2) is 0 Å². The molecule has 1 atom stereocenters. The maximum atomic E-state index is 12.9. The van der Waals surface area contributed by atoms with Crippen LogP contribution in [0.15, 0.2) is 54.6 Å². The van der Waals surface area contributed by atoms with E-state index in [1.165, 1.54) is 5.69 Å². The molecule has 5 nitrogen and oxygen atoms in total. The molecule has 2 aromatic carbocycles. The van der Waals surface area contributed by atoms with Gasteiger partial charge in [0.2, 0.25) is 0 Å². The van der Waals surface area contributed by atoms with Gasteiger partial charge in [-0.1, -0.05) is 31.2 Å². The average molecular weight is 365 g/mol. The zero-order valence-corrected chi connectivity index (χ0v) is 16.0. The highest BCUT2D eigenvalue weighted by atomic mass is 16.2. The summed E-state index contributed by atoms with van der Waals surface area (Å²) >= 11 is 0. The first kappa shape index (κ1) is 19.0. The Morgan fingerprint density at radius 3 is 2.30 bits per heavy atom. The summed E-state index contributed by atoms with van der Waals surface area (Å²) in [4.78, 5) is 29.4. The number of carbonyl (C=O) groups excluding carboxylic acids is 2. The molecule has 0 spiro atoms. The topological polar surface area (TPSA) is 52.7 Å². The molecule has 1 unspecified atom stereocenters. The van der Waals surface area contributed by atoms with E-state index in [0.29, 0.717) is 24.2 Å². The van der Waals surface area contributed by atoms with Gasteiger partial charge in [-0.25, -0.2) is 0 Å². The van der Waals surface area contributed by atoms with Crippen molar-refractivity contribution in [3.8, 4) is 0 Å². The smallest absolute Gasteiger partial charge is 0.253 e. The van der Waals surface area contributed by atoms with Crippen molar-refractivity contribution in [1.82, 2.24) is 10.2 Å². The number of amides is 2. The molecule has 1 saturated heterocycles. The Morgan fingerprint density at radius 1 is 0.963 bits per heavy atom. The number of para-hydroxylation sites is 1. The van der Waals surface area contributed by atoms with E-state index in [2.05, 4.69) is 22.3 Å². The summed E-state index contributed by atoms with van der Waals surface area (Å²) in [6.45, 7) is 6.97. The van der Waals surface area contributed by atoms with Gasteiger partial charge < -0.3 is 15.1 Å². The highest BCUT2D eigenvalue weighted by Gasteiger charge is 2.23. The van der Waals surface area contributed by atoms with Crippen LogP contribution >= 0.6 is 0 Å². The summed E-state index contributed by atoms with van der Waals surface area (Å²) < 4.78 is 0. The maximum absolute atomic E-state index is 12.9. The fourth-order valence-corrected chi connectivity index (χ4v) is 3.19. The number of rotatable bonds is 5.